The van der Waals surface area contributed by atoms with Crippen molar-refractivity contribution in [2.75, 3.05) is 12.3 Å². The van der Waals surface area contributed by atoms with Crippen LogP contribution in [0.5, 0.6) is 0 Å². The molecule has 0 bridgehead atoms. The van der Waals surface area contributed by atoms with Crippen LogP contribution in [0.3, 0.4) is 0 Å². The van der Waals surface area contributed by atoms with Crippen molar-refractivity contribution in [3.63, 3.8) is 0 Å². The molecule has 1 saturated heterocycles. The largest absolute Gasteiger partial charge is 0.469 e. The minimum absolute atomic E-state index is 0.0583. The maximum atomic E-state index is 12.9. The van der Waals surface area contributed by atoms with E-state index in [9.17, 15) is 19.0 Å². The molecule has 138 valence electrons. The Morgan fingerprint density at radius 3 is 2.88 bits per heavy atom. The number of hydrogen-bond acceptors (Lipinski definition) is 9. The molecule has 3 rings (SSSR count). The van der Waals surface area contributed by atoms with Gasteiger partial charge in [-0.15, -0.1) is 0 Å². The number of aliphatic hydroxyl groups excluding tert-OH is 1. The fourth-order valence-corrected chi connectivity index (χ4v) is 2.82. The van der Waals surface area contributed by atoms with E-state index in [1.165, 1.54) is 0 Å². The average molecular weight is 381 g/mol. The predicted octanol–water partition coefficient (Wildman–Crippen LogP) is -1.66. The maximum Gasteiger partial charge on any atom is 0.469 e. The quantitative estimate of drug-likeness (QED) is 0.372. The number of ether oxygens (including phenoxy) is 1. The van der Waals surface area contributed by atoms with E-state index in [4.69, 9.17) is 20.3 Å². The van der Waals surface area contributed by atoms with E-state index in [0.717, 1.165) is 10.9 Å². The van der Waals surface area contributed by atoms with Crippen LogP contribution in [0.15, 0.2) is 11.1 Å². The van der Waals surface area contributed by atoms with Crippen molar-refractivity contribution in [2.45, 2.75) is 24.5 Å². The summed E-state index contributed by atoms with van der Waals surface area (Å²) in [5, 5.41) is 10.0. The molecule has 6 N–H and O–H groups in total. The number of H-pyrrole nitrogens is 1. The lowest BCUT2D eigenvalue weighted by Crippen LogP contribution is -2.34. The van der Waals surface area contributed by atoms with E-state index in [2.05, 4.69) is 24.4 Å². The van der Waals surface area contributed by atoms with Gasteiger partial charge >= 0.3 is 7.82 Å². The highest BCUT2D eigenvalue weighted by molar-refractivity contribution is 7.46. The van der Waals surface area contributed by atoms with Gasteiger partial charge in [0.05, 0.1) is 12.9 Å². The summed E-state index contributed by atoms with van der Waals surface area (Å²) < 4.78 is 34.4. The Balaban J connectivity index is 1.94. The monoisotopic (exact) mass is 381 g/mol. The fourth-order valence-electron chi connectivity index (χ4n) is 2.48. The third-order valence-corrected chi connectivity index (χ3v) is 4.03. The molecule has 0 spiro atoms. The highest BCUT2D eigenvalue weighted by atomic mass is 31.2. The van der Waals surface area contributed by atoms with Gasteiger partial charge in [0.1, 0.15) is 12.2 Å². The van der Waals surface area contributed by atoms with Gasteiger partial charge in [0.15, 0.2) is 23.5 Å². The number of hydrogen-bond donors (Lipinski definition) is 5. The van der Waals surface area contributed by atoms with Crippen LogP contribution < -0.4 is 11.3 Å². The maximum absolute atomic E-state index is 12.9. The summed E-state index contributed by atoms with van der Waals surface area (Å²) in [5.41, 5.74) is 4.65. The molecular formula is C10H13FN5O8P. The number of aromatic nitrogens is 4. The number of phosphoric ester groups is 1. The summed E-state index contributed by atoms with van der Waals surface area (Å²) in [7, 11) is -4.82. The van der Waals surface area contributed by atoms with Crippen LogP contribution in [-0.2, 0) is 18.8 Å². The summed E-state index contributed by atoms with van der Waals surface area (Å²) in [6.45, 7) is -0.732. The van der Waals surface area contributed by atoms with Crippen LogP contribution >= 0.6 is 7.82 Å². The number of aromatic amines is 1. The first-order chi connectivity index (χ1) is 11.7. The lowest BCUT2D eigenvalue weighted by atomic mass is 10.1. The average Bonchev–Trinajstić information content (AvgIpc) is 3.05. The van der Waals surface area contributed by atoms with Gasteiger partial charge in [-0.05, 0) is 4.53 Å². The second kappa shape index (κ2) is 6.42. The number of nitrogens with one attached hydrogen (secondary N) is 1. The van der Waals surface area contributed by atoms with E-state index in [1.807, 2.05) is 0 Å². The predicted molar refractivity (Wildman–Crippen MR) is 76.5 cm³/mol. The number of nitrogens with zero attached hydrogens (tertiary/aromatic N) is 3. The molecule has 1 aliphatic rings. The van der Waals surface area contributed by atoms with E-state index in [-0.39, 0.29) is 17.1 Å². The standard InChI is InChI=1S/C10H13FN5O8P/c11-24-6-5(17)3(1-22-25(19,20)21)23-9(6)16-2-13-4-7(16)14-10(12)15-8(4)18/h2-3,5-6,9,17H,1H2,(H2,19,20,21)(H3,12,14,15,18)/t3-,5+,6-,9-/m1/s1. The molecule has 0 saturated carbocycles. The van der Waals surface area contributed by atoms with E-state index in [1.54, 1.807) is 0 Å². The second-order valence-corrected chi connectivity index (χ2v) is 6.41. The Kier molecular flexibility index (Phi) is 4.59. The molecule has 4 atom stereocenters. The minimum atomic E-state index is -4.82. The molecule has 13 nitrogen and oxygen atoms in total. The van der Waals surface area contributed by atoms with Gasteiger partial charge in [0.25, 0.3) is 5.56 Å². The number of fused-ring (bicyclic) bond motifs is 1. The molecule has 0 aromatic carbocycles. The van der Waals surface area contributed by atoms with Crippen LogP contribution in [0, 0.1) is 0 Å². The van der Waals surface area contributed by atoms with Crippen LogP contribution in [0.25, 0.3) is 11.2 Å². The lowest BCUT2D eigenvalue weighted by molar-refractivity contribution is -0.220. The van der Waals surface area contributed by atoms with Gasteiger partial charge in [-0.2, -0.15) is 9.93 Å². The van der Waals surface area contributed by atoms with Gasteiger partial charge in [0, 0.05) is 0 Å². The number of imidazole rings is 1. The number of nitrogen functional groups attached to an aromatic ring is 1. The zero-order chi connectivity index (χ0) is 18.4. The molecule has 0 unspecified atom stereocenters. The Hall–Kier alpha value is -1.93. The SMILES string of the molecule is Nc1nc2c(ncn2[C@@H]2O[C@H](COP(=O)(O)O)[C@H](O)[C@H]2OF)c(=O)[nH]1. The Labute approximate surface area is 137 Å². The lowest BCUT2D eigenvalue weighted by Gasteiger charge is -2.17. The molecule has 25 heavy (non-hydrogen) atoms. The zero-order valence-electron chi connectivity index (χ0n) is 12.2. The van der Waals surface area contributed by atoms with Gasteiger partial charge in [-0.25, -0.2) is 9.55 Å². The molecule has 0 aliphatic carbocycles. The summed E-state index contributed by atoms with van der Waals surface area (Å²) >= 11 is 0. The van der Waals surface area contributed by atoms with Crippen molar-refractivity contribution in [2.24, 2.45) is 0 Å². The van der Waals surface area contributed by atoms with Gasteiger partial charge in [0.2, 0.25) is 5.95 Å². The summed E-state index contributed by atoms with van der Waals surface area (Å²) in [4.78, 5) is 42.8. The van der Waals surface area contributed by atoms with Crippen molar-refractivity contribution in [1.82, 2.24) is 19.5 Å². The topological polar surface area (TPSA) is 195 Å². The van der Waals surface area contributed by atoms with Crippen LogP contribution in [-0.4, -0.2) is 59.3 Å². The molecule has 2 aromatic heterocycles. The Morgan fingerprint density at radius 1 is 1.52 bits per heavy atom. The second-order valence-electron chi connectivity index (χ2n) is 5.17. The molecule has 0 radical (unpaired) electrons. The molecule has 3 heterocycles. The number of phosphoric acid groups is 1. The van der Waals surface area contributed by atoms with Crippen molar-refractivity contribution in [1.29, 1.82) is 0 Å². The fraction of sp³-hybridized carbons (Fsp3) is 0.500. The Bertz CT molecular complexity index is 882. The highest BCUT2D eigenvalue weighted by Gasteiger charge is 2.48. The number of aliphatic hydroxyl groups is 1. The highest BCUT2D eigenvalue weighted by Crippen LogP contribution is 2.39. The summed E-state index contributed by atoms with van der Waals surface area (Å²) in [6, 6.07) is 0. The third kappa shape index (κ3) is 3.41. The smallest absolute Gasteiger partial charge is 0.387 e. The van der Waals surface area contributed by atoms with Crippen LogP contribution in [0.4, 0.5) is 10.5 Å². The van der Waals surface area contributed by atoms with Crippen LogP contribution in [0.2, 0.25) is 0 Å². The van der Waals surface area contributed by atoms with Crippen molar-refractivity contribution >= 4 is 24.9 Å². The first-order valence-electron chi connectivity index (χ1n) is 6.74. The summed E-state index contributed by atoms with van der Waals surface area (Å²) in [5.74, 6) is -0.225. The van der Waals surface area contributed by atoms with Crippen molar-refractivity contribution in [3.05, 3.63) is 16.7 Å². The normalized spacial score (nSPS) is 27.2. The van der Waals surface area contributed by atoms with Crippen LogP contribution in [0.1, 0.15) is 6.23 Å². The van der Waals surface area contributed by atoms with Crippen molar-refractivity contribution < 1.29 is 38.2 Å². The third-order valence-electron chi connectivity index (χ3n) is 3.55. The molecular weight excluding hydrogens is 368 g/mol. The number of halogens is 1. The van der Waals surface area contributed by atoms with E-state index in [0.29, 0.717) is 0 Å². The molecule has 1 fully saturated rings. The molecule has 2 aromatic rings. The zero-order valence-corrected chi connectivity index (χ0v) is 13.1. The molecule has 0 amide bonds. The molecule has 15 heteroatoms. The number of nitrogens with two attached hydrogens (primary N) is 1. The van der Waals surface area contributed by atoms with Gasteiger partial charge < -0.3 is 25.4 Å². The number of rotatable bonds is 5. The minimum Gasteiger partial charge on any atom is -0.387 e. The van der Waals surface area contributed by atoms with Crippen molar-refractivity contribution in [3.8, 4) is 0 Å². The number of anilines is 1. The molecule has 1 aliphatic heterocycles. The Morgan fingerprint density at radius 2 is 2.24 bits per heavy atom. The summed E-state index contributed by atoms with van der Waals surface area (Å²) in [6.07, 6.45) is -4.79. The van der Waals surface area contributed by atoms with Gasteiger partial charge in [-0.3, -0.25) is 18.9 Å². The van der Waals surface area contributed by atoms with E-state index >= 15 is 0 Å². The first kappa shape index (κ1) is 17.9. The van der Waals surface area contributed by atoms with Gasteiger partial charge in [-0.1, -0.05) is 0 Å². The first-order valence-corrected chi connectivity index (χ1v) is 8.27. The van der Waals surface area contributed by atoms with E-state index < -0.39 is 44.5 Å².